The Kier molecular flexibility index (Phi) is 8.17. The molecule has 2 amide bonds. The lowest BCUT2D eigenvalue weighted by Crippen LogP contribution is -2.49. The van der Waals surface area contributed by atoms with Gasteiger partial charge in [0.15, 0.2) is 0 Å². The maximum absolute atomic E-state index is 13.2. The van der Waals surface area contributed by atoms with Gasteiger partial charge in [-0.1, -0.05) is 66.4 Å². The number of nitrogens with one attached hydrogen (secondary N) is 1. The number of halogens is 2. The predicted octanol–water partition coefficient (Wildman–Crippen LogP) is 5.40. The van der Waals surface area contributed by atoms with E-state index in [0.717, 1.165) is 36.8 Å². The van der Waals surface area contributed by atoms with Gasteiger partial charge in [-0.3, -0.25) is 9.59 Å². The molecule has 1 N–H and O–H groups in total. The Balaban J connectivity index is 1.72. The van der Waals surface area contributed by atoms with Crippen LogP contribution >= 0.6 is 23.2 Å². The van der Waals surface area contributed by atoms with Crippen molar-refractivity contribution in [3.63, 3.8) is 0 Å². The summed E-state index contributed by atoms with van der Waals surface area (Å²) >= 11 is 12.4. The monoisotopic (exact) mass is 446 g/mol. The Morgan fingerprint density at radius 3 is 2.53 bits per heavy atom. The van der Waals surface area contributed by atoms with Gasteiger partial charge in [0.25, 0.3) is 0 Å². The number of amides is 2. The molecule has 0 unspecified atom stereocenters. The predicted molar refractivity (Wildman–Crippen MR) is 122 cm³/mol. The van der Waals surface area contributed by atoms with Crippen LogP contribution in [0.1, 0.15) is 50.2 Å². The molecule has 1 aliphatic rings. The molecule has 30 heavy (non-hydrogen) atoms. The van der Waals surface area contributed by atoms with Crippen molar-refractivity contribution in [1.82, 2.24) is 10.2 Å². The fourth-order valence-electron chi connectivity index (χ4n) is 3.89. The molecule has 1 fully saturated rings. The van der Waals surface area contributed by atoms with Gasteiger partial charge >= 0.3 is 0 Å². The average molecular weight is 447 g/mol. The first-order valence-corrected chi connectivity index (χ1v) is 11.3. The molecule has 4 nitrogen and oxygen atoms in total. The van der Waals surface area contributed by atoms with E-state index in [9.17, 15) is 9.59 Å². The standard InChI is InChI=1S/C24H28Cl2N2O2/c1-17(24(30)27-21-10-3-4-11-21)28(16-18-7-6-9-20(25)15-18)23(29)14-13-19-8-2-5-12-22(19)26/h2,5-9,12,15,17,21H,3-4,10-11,13-14,16H2,1H3,(H,27,30)/t17-/m0/s1. The van der Waals surface area contributed by atoms with Gasteiger partial charge in [0.05, 0.1) is 0 Å². The van der Waals surface area contributed by atoms with Gasteiger partial charge in [0.1, 0.15) is 6.04 Å². The van der Waals surface area contributed by atoms with Crippen molar-refractivity contribution in [1.29, 1.82) is 0 Å². The van der Waals surface area contributed by atoms with Crippen molar-refractivity contribution in [2.24, 2.45) is 0 Å². The lowest BCUT2D eigenvalue weighted by atomic mass is 10.1. The topological polar surface area (TPSA) is 49.4 Å². The molecule has 0 aromatic heterocycles. The molecule has 0 saturated heterocycles. The van der Waals surface area contributed by atoms with Crippen LogP contribution in [0.5, 0.6) is 0 Å². The molecule has 2 aromatic carbocycles. The third-order valence-electron chi connectivity index (χ3n) is 5.68. The smallest absolute Gasteiger partial charge is 0.242 e. The van der Waals surface area contributed by atoms with Crippen molar-refractivity contribution in [2.75, 3.05) is 0 Å². The SMILES string of the molecule is C[C@@H](C(=O)NC1CCCC1)N(Cc1cccc(Cl)c1)C(=O)CCc1ccccc1Cl. The Morgan fingerprint density at radius 2 is 1.83 bits per heavy atom. The van der Waals surface area contributed by atoms with Gasteiger partial charge in [-0.2, -0.15) is 0 Å². The van der Waals surface area contributed by atoms with E-state index >= 15 is 0 Å². The summed E-state index contributed by atoms with van der Waals surface area (Å²) < 4.78 is 0. The van der Waals surface area contributed by atoms with Crippen molar-refractivity contribution in [3.8, 4) is 0 Å². The van der Waals surface area contributed by atoms with E-state index in [2.05, 4.69) is 5.32 Å². The molecular weight excluding hydrogens is 419 g/mol. The number of nitrogens with zero attached hydrogens (tertiary/aromatic N) is 1. The summed E-state index contributed by atoms with van der Waals surface area (Å²) in [6, 6.07) is 14.6. The summed E-state index contributed by atoms with van der Waals surface area (Å²) in [5.74, 6) is -0.181. The zero-order valence-electron chi connectivity index (χ0n) is 17.2. The van der Waals surface area contributed by atoms with Crippen LogP contribution in [0.15, 0.2) is 48.5 Å². The number of hydrogen-bond acceptors (Lipinski definition) is 2. The van der Waals surface area contributed by atoms with Crippen LogP contribution in [0, 0.1) is 0 Å². The normalized spacial score (nSPS) is 15.0. The second kappa shape index (κ2) is 10.8. The molecule has 3 rings (SSSR count). The van der Waals surface area contributed by atoms with Crippen LogP contribution in [-0.4, -0.2) is 28.8 Å². The number of carbonyl (C=O) groups excluding carboxylic acids is 2. The number of benzene rings is 2. The molecule has 0 bridgehead atoms. The minimum atomic E-state index is -0.566. The molecule has 1 atom stereocenters. The number of carbonyl (C=O) groups is 2. The van der Waals surface area contributed by atoms with Gasteiger partial charge in [-0.25, -0.2) is 0 Å². The third-order valence-corrected chi connectivity index (χ3v) is 6.28. The largest absolute Gasteiger partial charge is 0.352 e. The molecule has 0 spiro atoms. The number of aryl methyl sites for hydroxylation is 1. The van der Waals surface area contributed by atoms with Gasteiger partial charge in [0.2, 0.25) is 11.8 Å². The highest BCUT2D eigenvalue weighted by molar-refractivity contribution is 6.31. The summed E-state index contributed by atoms with van der Waals surface area (Å²) in [4.78, 5) is 27.7. The van der Waals surface area contributed by atoms with Crippen LogP contribution in [-0.2, 0) is 22.6 Å². The second-order valence-corrected chi connectivity index (χ2v) is 8.75. The summed E-state index contributed by atoms with van der Waals surface area (Å²) in [7, 11) is 0. The minimum Gasteiger partial charge on any atom is -0.352 e. The molecule has 0 heterocycles. The van der Waals surface area contributed by atoms with Crippen LogP contribution in [0.25, 0.3) is 0 Å². The first-order chi connectivity index (χ1) is 14.4. The van der Waals surface area contributed by atoms with E-state index in [1.165, 1.54) is 0 Å². The summed E-state index contributed by atoms with van der Waals surface area (Å²) in [5.41, 5.74) is 1.83. The summed E-state index contributed by atoms with van der Waals surface area (Å²) in [5, 5.41) is 4.38. The number of rotatable bonds is 8. The van der Waals surface area contributed by atoms with Crippen LogP contribution in [0.4, 0.5) is 0 Å². The summed E-state index contributed by atoms with van der Waals surface area (Å²) in [6.07, 6.45) is 5.11. The fraction of sp³-hybridized carbons (Fsp3) is 0.417. The molecule has 2 aromatic rings. The quantitative estimate of drug-likeness (QED) is 0.589. The Labute approximate surface area is 188 Å². The Morgan fingerprint density at radius 1 is 1.10 bits per heavy atom. The van der Waals surface area contributed by atoms with E-state index in [0.29, 0.717) is 23.0 Å². The van der Waals surface area contributed by atoms with Gasteiger partial charge in [-0.05, 0) is 55.5 Å². The lowest BCUT2D eigenvalue weighted by Gasteiger charge is -2.30. The van der Waals surface area contributed by atoms with E-state index in [4.69, 9.17) is 23.2 Å². The first kappa shape index (κ1) is 22.6. The zero-order valence-corrected chi connectivity index (χ0v) is 18.8. The fourth-order valence-corrected chi connectivity index (χ4v) is 4.34. The lowest BCUT2D eigenvalue weighted by molar-refractivity contribution is -0.140. The highest BCUT2D eigenvalue weighted by atomic mass is 35.5. The van der Waals surface area contributed by atoms with Gasteiger partial charge in [-0.15, -0.1) is 0 Å². The van der Waals surface area contributed by atoms with Gasteiger partial charge < -0.3 is 10.2 Å². The highest BCUT2D eigenvalue weighted by Gasteiger charge is 2.28. The van der Waals surface area contributed by atoms with Crippen LogP contribution < -0.4 is 5.32 Å². The molecule has 160 valence electrons. The van der Waals surface area contributed by atoms with E-state index in [1.54, 1.807) is 17.9 Å². The molecule has 0 aliphatic heterocycles. The van der Waals surface area contributed by atoms with Crippen LogP contribution in [0.2, 0.25) is 10.0 Å². The van der Waals surface area contributed by atoms with Crippen LogP contribution in [0.3, 0.4) is 0 Å². The maximum Gasteiger partial charge on any atom is 0.242 e. The first-order valence-electron chi connectivity index (χ1n) is 10.5. The van der Waals surface area contributed by atoms with E-state index < -0.39 is 6.04 Å². The molecule has 1 saturated carbocycles. The van der Waals surface area contributed by atoms with E-state index in [1.807, 2.05) is 42.5 Å². The van der Waals surface area contributed by atoms with E-state index in [-0.39, 0.29) is 24.3 Å². The Hall–Kier alpha value is -2.04. The third kappa shape index (κ3) is 6.23. The Bertz CT molecular complexity index is 881. The molecule has 0 radical (unpaired) electrons. The van der Waals surface area contributed by atoms with Crippen molar-refractivity contribution in [2.45, 2.75) is 64.1 Å². The maximum atomic E-state index is 13.2. The summed E-state index contributed by atoms with van der Waals surface area (Å²) in [6.45, 7) is 2.13. The molecular formula is C24H28Cl2N2O2. The average Bonchev–Trinajstić information content (AvgIpc) is 3.24. The molecule has 6 heteroatoms. The van der Waals surface area contributed by atoms with Gasteiger partial charge in [0, 0.05) is 29.1 Å². The minimum absolute atomic E-state index is 0.0797. The number of hydrogen-bond donors (Lipinski definition) is 1. The van der Waals surface area contributed by atoms with Crippen molar-refractivity contribution in [3.05, 3.63) is 69.7 Å². The zero-order chi connectivity index (χ0) is 21.5. The second-order valence-electron chi connectivity index (χ2n) is 7.91. The van der Waals surface area contributed by atoms with Crippen molar-refractivity contribution < 1.29 is 9.59 Å². The highest BCUT2D eigenvalue weighted by Crippen LogP contribution is 2.21. The van der Waals surface area contributed by atoms with Crippen molar-refractivity contribution >= 4 is 35.0 Å². The molecule has 1 aliphatic carbocycles.